The van der Waals surface area contributed by atoms with E-state index in [9.17, 15) is 17.2 Å². The van der Waals surface area contributed by atoms with Crippen molar-refractivity contribution in [1.82, 2.24) is 4.72 Å². The highest BCUT2D eigenvalue weighted by atomic mass is 32.2. The first-order valence-electron chi connectivity index (χ1n) is 8.45. The maximum Gasteiger partial charge on any atom is 0.240 e. The van der Waals surface area contributed by atoms with E-state index < -0.39 is 21.7 Å². The molecule has 6 heteroatoms. The van der Waals surface area contributed by atoms with Gasteiger partial charge in [0.25, 0.3) is 0 Å². The van der Waals surface area contributed by atoms with Crippen LogP contribution in [0.3, 0.4) is 0 Å². The number of hydrogen-bond acceptors (Lipinski definition) is 2. The molecule has 0 amide bonds. The van der Waals surface area contributed by atoms with E-state index in [0.29, 0.717) is 11.1 Å². The average Bonchev–Trinajstić information content (AvgIpc) is 2.56. The van der Waals surface area contributed by atoms with Gasteiger partial charge >= 0.3 is 0 Å². The van der Waals surface area contributed by atoms with Gasteiger partial charge in [0.1, 0.15) is 11.6 Å². The van der Waals surface area contributed by atoms with Gasteiger partial charge in [-0.25, -0.2) is 21.9 Å². The predicted octanol–water partition coefficient (Wildman–Crippen LogP) is 4.55. The third kappa shape index (κ3) is 4.07. The lowest BCUT2D eigenvalue weighted by atomic mass is 9.96. The Labute approximate surface area is 147 Å². The summed E-state index contributed by atoms with van der Waals surface area (Å²) in [5.74, 6) is -1.31. The lowest BCUT2D eigenvalue weighted by molar-refractivity contribution is 0.412. The van der Waals surface area contributed by atoms with Crippen LogP contribution >= 0.6 is 0 Å². The predicted molar refractivity (Wildman–Crippen MR) is 93.7 cm³/mol. The Morgan fingerprint density at radius 1 is 0.960 bits per heavy atom. The van der Waals surface area contributed by atoms with E-state index in [2.05, 4.69) is 4.72 Å². The minimum Gasteiger partial charge on any atom is -0.208 e. The third-order valence-electron chi connectivity index (χ3n) is 4.66. The second kappa shape index (κ2) is 7.22. The fraction of sp³-hybridized carbons (Fsp3) is 0.368. The largest absolute Gasteiger partial charge is 0.240 e. The fourth-order valence-corrected chi connectivity index (χ4v) is 4.71. The van der Waals surface area contributed by atoms with Gasteiger partial charge in [-0.05, 0) is 55.2 Å². The molecule has 1 aliphatic rings. The zero-order valence-corrected chi connectivity index (χ0v) is 14.9. The maximum absolute atomic E-state index is 14.0. The van der Waals surface area contributed by atoms with Crippen LogP contribution in [-0.4, -0.2) is 14.5 Å². The lowest BCUT2D eigenvalue weighted by Crippen LogP contribution is -2.36. The highest BCUT2D eigenvalue weighted by Crippen LogP contribution is 2.29. The van der Waals surface area contributed by atoms with Gasteiger partial charge in [-0.2, -0.15) is 0 Å². The molecule has 134 valence electrons. The molecule has 3 nitrogen and oxygen atoms in total. The summed E-state index contributed by atoms with van der Waals surface area (Å²) >= 11 is 0. The van der Waals surface area contributed by atoms with E-state index in [1.54, 1.807) is 13.0 Å². The van der Waals surface area contributed by atoms with Gasteiger partial charge in [-0.1, -0.05) is 25.3 Å². The maximum atomic E-state index is 14.0. The van der Waals surface area contributed by atoms with Crippen molar-refractivity contribution in [3.63, 3.8) is 0 Å². The summed E-state index contributed by atoms with van der Waals surface area (Å²) in [4.78, 5) is 0.168. The summed E-state index contributed by atoms with van der Waals surface area (Å²) in [5.41, 5.74) is 1.43. The molecule has 0 bridgehead atoms. The van der Waals surface area contributed by atoms with Crippen LogP contribution in [0, 0.1) is 18.6 Å². The molecule has 0 heterocycles. The molecule has 2 aromatic rings. The van der Waals surface area contributed by atoms with E-state index in [-0.39, 0.29) is 16.5 Å². The Kier molecular flexibility index (Phi) is 5.20. The Bertz CT molecular complexity index is 875. The fourth-order valence-electron chi connectivity index (χ4n) is 3.32. The quantitative estimate of drug-likeness (QED) is 0.864. The first-order valence-corrected chi connectivity index (χ1v) is 9.93. The SMILES string of the molecule is Cc1cc(S(=O)(=O)NC2CCCCC2)ccc1-c1ccc(F)cc1F. The van der Waals surface area contributed by atoms with Crippen LogP contribution in [0.4, 0.5) is 8.78 Å². The van der Waals surface area contributed by atoms with Crippen molar-refractivity contribution in [2.24, 2.45) is 0 Å². The smallest absolute Gasteiger partial charge is 0.208 e. The van der Waals surface area contributed by atoms with Gasteiger partial charge in [0.2, 0.25) is 10.0 Å². The van der Waals surface area contributed by atoms with E-state index in [1.807, 2.05) is 0 Å². The minimum absolute atomic E-state index is 0.0201. The molecule has 1 saturated carbocycles. The normalized spacial score (nSPS) is 16.1. The van der Waals surface area contributed by atoms with Crippen LogP contribution < -0.4 is 4.72 Å². The Hall–Kier alpha value is -1.79. The van der Waals surface area contributed by atoms with Crippen molar-refractivity contribution in [2.75, 3.05) is 0 Å². The third-order valence-corrected chi connectivity index (χ3v) is 6.17. The Morgan fingerprint density at radius 3 is 2.28 bits per heavy atom. The highest BCUT2D eigenvalue weighted by Gasteiger charge is 2.22. The van der Waals surface area contributed by atoms with E-state index in [0.717, 1.165) is 38.2 Å². The molecule has 0 unspecified atom stereocenters. The van der Waals surface area contributed by atoms with Crippen molar-refractivity contribution in [3.8, 4) is 11.1 Å². The van der Waals surface area contributed by atoms with Gasteiger partial charge in [-0.3, -0.25) is 0 Å². The highest BCUT2D eigenvalue weighted by molar-refractivity contribution is 7.89. The first-order chi connectivity index (χ1) is 11.9. The van der Waals surface area contributed by atoms with Crippen molar-refractivity contribution in [3.05, 3.63) is 53.6 Å². The second-order valence-corrected chi connectivity index (χ2v) is 8.27. The number of rotatable bonds is 4. The number of halogens is 2. The Balaban J connectivity index is 1.88. The molecular formula is C19H21F2NO2S. The molecule has 0 atom stereocenters. The Morgan fingerprint density at radius 2 is 1.64 bits per heavy atom. The number of benzene rings is 2. The van der Waals surface area contributed by atoms with Crippen LogP contribution in [0.25, 0.3) is 11.1 Å². The van der Waals surface area contributed by atoms with Crippen molar-refractivity contribution in [2.45, 2.75) is 50.0 Å². The van der Waals surface area contributed by atoms with Crippen LogP contribution in [0.2, 0.25) is 0 Å². The van der Waals surface area contributed by atoms with Crippen LogP contribution in [0.15, 0.2) is 41.3 Å². The van der Waals surface area contributed by atoms with Gasteiger partial charge in [-0.15, -0.1) is 0 Å². The molecule has 3 rings (SSSR count). The molecule has 0 spiro atoms. The molecule has 0 radical (unpaired) electrons. The number of nitrogens with one attached hydrogen (secondary N) is 1. The molecule has 1 N–H and O–H groups in total. The summed E-state index contributed by atoms with van der Waals surface area (Å²) in [6, 6.07) is 7.92. The molecule has 0 aliphatic heterocycles. The number of aryl methyl sites for hydroxylation is 1. The van der Waals surface area contributed by atoms with E-state index in [4.69, 9.17) is 0 Å². The summed E-state index contributed by atoms with van der Waals surface area (Å²) in [5, 5.41) is 0. The summed E-state index contributed by atoms with van der Waals surface area (Å²) in [7, 11) is -3.60. The summed E-state index contributed by atoms with van der Waals surface area (Å²) < 4.78 is 55.0. The number of sulfonamides is 1. The summed E-state index contributed by atoms with van der Waals surface area (Å²) in [6.07, 6.45) is 4.94. The van der Waals surface area contributed by atoms with Crippen molar-refractivity contribution < 1.29 is 17.2 Å². The standard InChI is InChI=1S/C19H21F2NO2S/c1-13-11-16(25(23,24)22-15-5-3-2-4-6-15)8-10-17(13)18-9-7-14(20)12-19(18)21/h7-12,15,22H,2-6H2,1H3. The topological polar surface area (TPSA) is 46.2 Å². The molecule has 0 saturated heterocycles. The second-order valence-electron chi connectivity index (χ2n) is 6.56. The first kappa shape index (κ1) is 18.0. The number of hydrogen-bond donors (Lipinski definition) is 1. The minimum atomic E-state index is -3.60. The van der Waals surface area contributed by atoms with Gasteiger partial charge < -0.3 is 0 Å². The van der Waals surface area contributed by atoms with Crippen LogP contribution in [-0.2, 0) is 10.0 Å². The molecule has 1 fully saturated rings. The monoisotopic (exact) mass is 365 g/mol. The molecular weight excluding hydrogens is 344 g/mol. The van der Waals surface area contributed by atoms with Gasteiger partial charge in [0.05, 0.1) is 4.90 Å². The molecule has 0 aromatic heterocycles. The van der Waals surface area contributed by atoms with E-state index in [1.165, 1.54) is 24.3 Å². The molecule has 2 aromatic carbocycles. The van der Waals surface area contributed by atoms with Crippen LogP contribution in [0.5, 0.6) is 0 Å². The van der Waals surface area contributed by atoms with Crippen molar-refractivity contribution >= 4 is 10.0 Å². The van der Waals surface area contributed by atoms with Crippen molar-refractivity contribution in [1.29, 1.82) is 0 Å². The van der Waals surface area contributed by atoms with Crippen LogP contribution in [0.1, 0.15) is 37.7 Å². The van der Waals surface area contributed by atoms with Gasteiger partial charge in [0.15, 0.2) is 0 Å². The summed E-state index contributed by atoms with van der Waals surface area (Å²) in [6.45, 7) is 1.72. The average molecular weight is 365 g/mol. The lowest BCUT2D eigenvalue weighted by Gasteiger charge is -2.22. The van der Waals surface area contributed by atoms with E-state index >= 15 is 0 Å². The zero-order valence-electron chi connectivity index (χ0n) is 14.1. The zero-order chi connectivity index (χ0) is 18.0. The molecule has 1 aliphatic carbocycles. The molecule has 25 heavy (non-hydrogen) atoms. The van der Waals surface area contributed by atoms with Gasteiger partial charge in [0, 0.05) is 17.7 Å².